The van der Waals surface area contributed by atoms with E-state index in [1.54, 1.807) is 46.0 Å². The van der Waals surface area contributed by atoms with Gasteiger partial charge in [-0.3, -0.25) is 9.59 Å². The second-order valence-electron chi connectivity index (χ2n) is 17.3. The zero-order valence-electron chi connectivity index (χ0n) is 34.3. The molecule has 16 heteroatoms. The van der Waals surface area contributed by atoms with Crippen molar-refractivity contribution >= 4 is 45.9 Å². The summed E-state index contributed by atoms with van der Waals surface area (Å²) < 4.78 is 14.2. The summed E-state index contributed by atoms with van der Waals surface area (Å²) in [6.07, 6.45) is 10.3. The normalized spacial score (nSPS) is 20.4. The maximum Gasteiger partial charge on any atom is 0.261 e. The minimum Gasteiger partial charge on any atom is -0.388 e. The molecule has 2 atom stereocenters. The number of hydrogen-bond acceptors (Lipinski definition) is 12. The molecule has 4 N–H and O–H groups in total. The molecular weight excluding hydrogens is 765 g/mol. The van der Waals surface area contributed by atoms with E-state index in [0.29, 0.717) is 48.8 Å². The van der Waals surface area contributed by atoms with Gasteiger partial charge < -0.3 is 40.1 Å². The standard InChI is InChI=1S/2C22H25N5O3/c2*1-22(2)12-14-10-17(18(11-15(14)19(22)28)26-6-8-30-9-7-26)25-21(29)16-13-24-27-5-3-4-23-20(16)27/h2*3-5,10-11,13,19,28H,6-9,12H2,1-2H3,(H,25,29)/t2*19-/m10/s1. The molecule has 16 nitrogen and oxygen atoms in total. The Morgan fingerprint density at radius 2 is 1.05 bits per heavy atom. The van der Waals surface area contributed by atoms with E-state index in [2.05, 4.69) is 68.3 Å². The molecule has 0 saturated carbocycles. The van der Waals surface area contributed by atoms with E-state index >= 15 is 0 Å². The monoisotopic (exact) mass is 814 g/mol. The number of aromatic nitrogens is 6. The summed E-state index contributed by atoms with van der Waals surface area (Å²) in [5.41, 5.74) is 8.71. The second-order valence-corrected chi connectivity index (χ2v) is 17.3. The molecule has 4 aromatic heterocycles. The van der Waals surface area contributed by atoms with Crippen LogP contribution < -0.4 is 20.4 Å². The Balaban J connectivity index is 0.000000154. The van der Waals surface area contributed by atoms with Crippen molar-refractivity contribution in [1.82, 2.24) is 29.2 Å². The van der Waals surface area contributed by atoms with E-state index < -0.39 is 12.2 Å². The van der Waals surface area contributed by atoms with Crippen molar-refractivity contribution in [2.75, 3.05) is 73.0 Å². The van der Waals surface area contributed by atoms with Crippen LogP contribution in [0.25, 0.3) is 11.3 Å². The molecule has 4 aliphatic rings. The smallest absolute Gasteiger partial charge is 0.261 e. The summed E-state index contributed by atoms with van der Waals surface area (Å²) >= 11 is 0. The zero-order valence-corrected chi connectivity index (χ0v) is 34.3. The van der Waals surface area contributed by atoms with Crippen LogP contribution in [0, 0.1) is 10.8 Å². The third kappa shape index (κ3) is 7.33. The summed E-state index contributed by atoms with van der Waals surface area (Å²) in [6.45, 7) is 13.7. The van der Waals surface area contributed by atoms with Crippen LogP contribution in [0.3, 0.4) is 0 Å². The van der Waals surface area contributed by atoms with E-state index in [0.717, 1.165) is 84.0 Å². The molecular formula is C44H50N10O6. The van der Waals surface area contributed by atoms with Gasteiger partial charge in [0.15, 0.2) is 11.3 Å². The Hall–Kier alpha value is -5.94. The first-order valence-electron chi connectivity index (χ1n) is 20.4. The van der Waals surface area contributed by atoms with Gasteiger partial charge in [-0.05, 0) is 82.3 Å². The van der Waals surface area contributed by atoms with Crippen molar-refractivity contribution in [1.29, 1.82) is 0 Å². The Morgan fingerprint density at radius 1 is 0.650 bits per heavy atom. The van der Waals surface area contributed by atoms with Gasteiger partial charge in [0.05, 0.1) is 73.8 Å². The number of aliphatic hydroxyl groups excluding tert-OH is 2. The predicted octanol–water partition coefficient (Wildman–Crippen LogP) is 4.87. The quantitative estimate of drug-likeness (QED) is 0.179. The van der Waals surface area contributed by atoms with E-state index in [9.17, 15) is 19.8 Å². The minimum absolute atomic E-state index is 0.237. The Labute approximate surface area is 347 Å². The first kappa shape index (κ1) is 39.5. The minimum atomic E-state index is -0.527. The molecule has 60 heavy (non-hydrogen) atoms. The number of aliphatic hydroxyl groups is 2. The topological polar surface area (TPSA) is 184 Å². The average Bonchev–Trinajstić information content (AvgIpc) is 3.99. The van der Waals surface area contributed by atoms with Crippen LogP contribution >= 0.6 is 0 Å². The van der Waals surface area contributed by atoms with Gasteiger partial charge in [0.1, 0.15) is 11.1 Å². The van der Waals surface area contributed by atoms with Crippen molar-refractivity contribution < 1.29 is 29.3 Å². The molecule has 10 rings (SSSR count). The summed E-state index contributed by atoms with van der Waals surface area (Å²) in [4.78, 5) is 39.2. The highest BCUT2D eigenvalue weighted by Gasteiger charge is 2.40. The van der Waals surface area contributed by atoms with E-state index in [1.165, 1.54) is 12.4 Å². The maximum absolute atomic E-state index is 13.1. The van der Waals surface area contributed by atoms with Crippen molar-refractivity contribution in [3.8, 4) is 0 Å². The SMILES string of the molecule is CC1(C)Cc2cc(NC(=O)c3cnn4cccnc34)c(N3CCOCC3)cc2[C@@H]1O.CC1(C)Cc2cc(NC(=O)c3cnn4cccnc34)c(N3CCOCC3)cc2[C@H]1O. The number of rotatable bonds is 6. The van der Waals surface area contributed by atoms with Crippen molar-refractivity contribution in [2.24, 2.45) is 10.8 Å². The lowest BCUT2D eigenvalue weighted by atomic mass is 9.87. The Morgan fingerprint density at radius 3 is 1.45 bits per heavy atom. The number of nitrogens with zero attached hydrogens (tertiary/aromatic N) is 8. The number of carbonyl (C=O) groups excluding carboxylic acids is 2. The van der Waals surface area contributed by atoms with E-state index in [4.69, 9.17) is 9.47 Å². The molecule has 0 bridgehead atoms. The van der Waals surface area contributed by atoms with Crippen LogP contribution in [-0.2, 0) is 22.3 Å². The Bertz CT molecular complexity index is 2410. The van der Waals surface area contributed by atoms with Crippen molar-refractivity contribution in [3.05, 3.63) is 107 Å². The molecule has 6 heterocycles. The number of benzene rings is 2. The van der Waals surface area contributed by atoms with Gasteiger partial charge in [-0.15, -0.1) is 0 Å². The number of amides is 2. The summed E-state index contributed by atoms with van der Waals surface area (Å²) in [7, 11) is 0. The van der Waals surface area contributed by atoms with Gasteiger partial charge in [0.2, 0.25) is 0 Å². The molecule has 0 spiro atoms. The third-order valence-corrected chi connectivity index (χ3v) is 12.1. The fourth-order valence-electron chi connectivity index (χ4n) is 8.82. The van der Waals surface area contributed by atoms with Crippen molar-refractivity contribution in [2.45, 2.75) is 52.7 Å². The number of morpholine rings is 2. The number of carbonyl (C=O) groups is 2. The highest BCUT2D eigenvalue weighted by molar-refractivity contribution is 6.10. The number of ether oxygens (including phenoxy) is 2. The zero-order chi connectivity index (χ0) is 41.8. The lowest BCUT2D eigenvalue weighted by molar-refractivity contribution is 0.0665. The molecule has 0 unspecified atom stereocenters. The summed E-state index contributed by atoms with van der Waals surface area (Å²) in [5.74, 6) is -0.507. The third-order valence-electron chi connectivity index (χ3n) is 12.1. The van der Waals surface area contributed by atoms with Crippen molar-refractivity contribution in [3.63, 3.8) is 0 Å². The molecule has 2 aromatic carbocycles. The summed E-state index contributed by atoms with van der Waals surface area (Å²) in [6, 6.07) is 11.6. The van der Waals surface area contributed by atoms with Gasteiger partial charge in [-0.1, -0.05) is 27.7 Å². The first-order chi connectivity index (χ1) is 28.9. The van der Waals surface area contributed by atoms with E-state index in [1.807, 2.05) is 24.3 Å². The molecule has 0 radical (unpaired) electrons. The average molecular weight is 815 g/mol. The van der Waals surface area contributed by atoms with E-state index in [-0.39, 0.29) is 22.6 Å². The maximum atomic E-state index is 13.1. The molecule has 2 saturated heterocycles. The molecule has 2 aliphatic carbocycles. The molecule has 2 fully saturated rings. The number of nitrogens with one attached hydrogen (secondary N) is 2. The summed E-state index contributed by atoms with van der Waals surface area (Å²) in [5, 5.41) is 36.2. The number of fused-ring (bicyclic) bond motifs is 4. The Kier molecular flexibility index (Phi) is 10.3. The number of anilines is 4. The molecule has 312 valence electrons. The second kappa shape index (κ2) is 15.6. The van der Waals surface area contributed by atoms with Gasteiger partial charge in [0, 0.05) is 51.0 Å². The highest BCUT2D eigenvalue weighted by Crippen LogP contribution is 2.49. The molecule has 6 aromatic rings. The van der Waals surface area contributed by atoms with Gasteiger partial charge >= 0.3 is 0 Å². The largest absolute Gasteiger partial charge is 0.388 e. The molecule has 2 aliphatic heterocycles. The molecule has 2 amide bonds. The van der Waals surface area contributed by atoms with Crippen LogP contribution in [0.5, 0.6) is 0 Å². The first-order valence-corrected chi connectivity index (χ1v) is 20.4. The van der Waals surface area contributed by atoms with Gasteiger partial charge in [-0.25, -0.2) is 19.0 Å². The van der Waals surface area contributed by atoms with Crippen LogP contribution in [0.2, 0.25) is 0 Å². The fraction of sp³-hybridized carbons (Fsp3) is 0.409. The van der Waals surface area contributed by atoms with Crippen LogP contribution in [-0.4, -0.2) is 104 Å². The highest BCUT2D eigenvalue weighted by atomic mass is 16.5. The lowest BCUT2D eigenvalue weighted by Crippen LogP contribution is -2.37. The van der Waals surface area contributed by atoms with Gasteiger partial charge in [-0.2, -0.15) is 10.2 Å². The van der Waals surface area contributed by atoms with Crippen LogP contribution in [0.15, 0.2) is 73.6 Å². The number of hydrogen-bond donors (Lipinski definition) is 4. The van der Waals surface area contributed by atoms with Gasteiger partial charge in [0.25, 0.3) is 11.8 Å². The predicted molar refractivity (Wildman–Crippen MR) is 226 cm³/mol. The van der Waals surface area contributed by atoms with Crippen LogP contribution in [0.4, 0.5) is 22.7 Å². The van der Waals surface area contributed by atoms with Crippen LogP contribution in [0.1, 0.15) is 82.9 Å². The fourth-order valence-corrected chi connectivity index (χ4v) is 8.82. The lowest BCUT2D eigenvalue weighted by Gasteiger charge is -2.31.